The third-order valence-electron chi connectivity index (χ3n) is 10.1. The topological polar surface area (TPSA) is 26.7 Å². The Morgan fingerprint density at radius 3 is 2.27 bits per heavy atom. The van der Waals surface area contributed by atoms with Gasteiger partial charge in [-0.3, -0.25) is 9.80 Å². The van der Waals surface area contributed by atoms with Gasteiger partial charge in [-0.2, -0.15) is 0 Å². The monoisotopic (exact) mass is 456 g/mol. The Kier molecular flexibility index (Phi) is 8.87. The highest BCUT2D eigenvalue weighted by Crippen LogP contribution is 2.46. The summed E-state index contributed by atoms with van der Waals surface area (Å²) < 4.78 is 0. The van der Waals surface area contributed by atoms with Crippen LogP contribution >= 0.6 is 0 Å². The van der Waals surface area contributed by atoms with Crippen LogP contribution in [-0.4, -0.2) is 59.8 Å². The highest BCUT2D eigenvalue weighted by molar-refractivity contribution is 5.14. The van der Waals surface area contributed by atoms with Crippen LogP contribution in [0.5, 0.6) is 0 Å². The molecule has 3 saturated heterocycles. The maximum atomic E-state index is 10.7. The first kappa shape index (κ1) is 24.3. The smallest absolute Gasteiger partial charge is 0.0670 e. The molecule has 4 aliphatic heterocycles. The normalized spacial score (nSPS) is 42.2. The van der Waals surface area contributed by atoms with E-state index in [1.807, 2.05) is 0 Å². The lowest BCUT2D eigenvalue weighted by atomic mass is 9.64. The number of aliphatic hydroxyl groups excluding tert-OH is 1. The molecule has 5 rings (SSSR count). The molecule has 6 bridgehead atoms. The number of nitrogens with zero attached hydrogens (tertiary/aromatic N) is 2. The summed E-state index contributed by atoms with van der Waals surface area (Å²) in [6.07, 6.45) is 26.4. The summed E-state index contributed by atoms with van der Waals surface area (Å²) in [5.41, 5.74) is 1.78. The van der Waals surface area contributed by atoms with E-state index in [0.717, 1.165) is 42.7 Å². The third-order valence-corrected chi connectivity index (χ3v) is 10.1. The molecule has 3 nitrogen and oxygen atoms in total. The first-order valence-electron chi connectivity index (χ1n) is 15.1. The van der Waals surface area contributed by atoms with Gasteiger partial charge in [0.05, 0.1) is 6.10 Å². The predicted octanol–water partition coefficient (Wildman–Crippen LogP) is 6.41. The van der Waals surface area contributed by atoms with Gasteiger partial charge >= 0.3 is 0 Å². The van der Waals surface area contributed by atoms with Crippen molar-refractivity contribution in [1.82, 2.24) is 9.80 Å². The molecular weight excluding hydrogens is 404 g/mol. The van der Waals surface area contributed by atoms with E-state index >= 15 is 0 Å². The van der Waals surface area contributed by atoms with Gasteiger partial charge in [0.25, 0.3) is 0 Å². The average molecular weight is 457 g/mol. The molecule has 3 heteroatoms. The minimum Gasteiger partial charge on any atom is -0.392 e. The highest BCUT2D eigenvalue weighted by Gasteiger charge is 2.47. The number of hydrogen-bond acceptors (Lipinski definition) is 3. The van der Waals surface area contributed by atoms with Gasteiger partial charge in [0.15, 0.2) is 0 Å². The maximum absolute atomic E-state index is 10.7. The molecule has 0 saturated carbocycles. The molecular formula is C30H52N2O. The molecule has 188 valence electrons. The summed E-state index contributed by atoms with van der Waals surface area (Å²) in [6.45, 7) is 6.10. The van der Waals surface area contributed by atoms with E-state index in [0.29, 0.717) is 0 Å². The average Bonchev–Trinajstić information content (AvgIpc) is 2.81. The van der Waals surface area contributed by atoms with Gasteiger partial charge in [-0.05, 0) is 81.7 Å². The summed E-state index contributed by atoms with van der Waals surface area (Å²) in [4.78, 5) is 5.64. The molecule has 2 unspecified atom stereocenters. The van der Waals surface area contributed by atoms with Crippen LogP contribution < -0.4 is 0 Å². The third kappa shape index (κ3) is 6.25. The Hall–Kier alpha value is -0.380. The van der Waals surface area contributed by atoms with Crippen molar-refractivity contribution in [1.29, 1.82) is 0 Å². The van der Waals surface area contributed by atoms with Crippen molar-refractivity contribution in [3.8, 4) is 0 Å². The van der Waals surface area contributed by atoms with E-state index in [4.69, 9.17) is 0 Å². The van der Waals surface area contributed by atoms with Gasteiger partial charge < -0.3 is 5.11 Å². The molecule has 0 amide bonds. The molecule has 0 aromatic carbocycles. The van der Waals surface area contributed by atoms with Crippen LogP contribution in [0, 0.1) is 23.7 Å². The molecule has 0 aromatic rings. The predicted molar refractivity (Wildman–Crippen MR) is 138 cm³/mol. The first-order valence-corrected chi connectivity index (χ1v) is 15.1. The van der Waals surface area contributed by atoms with E-state index in [1.54, 1.807) is 5.57 Å². The molecule has 4 heterocycles. The van der Waals surface area contributed by atoms with Crippen LogP contribution in [0.25, 0.3) is 0 Å². The lowest BCUT2D eigenvalue weighted by Gasteiger charge is -2.55. The van der Waals surface area contributed by atoms with Crippen molar-refractivity contribution in [3.63, 3.8) is 0 Å². The van der Waals surface area contributed by atoms with Crippen LogP contribution in [0.2, 0.25) is 0 Å². The van der Waals surface area contributed by atoms with Crippen molar-refractivity contribution in [3.05, 3.63) is 11.6 Å². The molecule has 0 radical (unpaired) electrons. The molecule has 33 heavy (non-hydrogen) atoms. The van der Waals surface area contributed by atoms with Crippen molar-refractivity contribution in [2.75, 3.05) is 32.7 Å². The molecule has 1 aliphatic carbocycles. The van der Waals surface area contributed by atoms with Crippen LogP contribution in [0.1, 0.15) is 109 Å². The van der Waals surface area contributed by atoms with E-state index < -0.39 is 0 Å². The fourth-order valence-corrected chi connectivity index (χ4v) is 8.64. The van der Waals surface area contributed by atoms with E-state index in [1.165, 1.54) is 129 Å². The fourth-order valence-electron chi connectivity index (χ4n) is 8.64. The Morgan fingerprint density at radius 1 is 0.697 bits per heavy atom. The summed E-state index contributed by atoms with van der Waals surface area (Å²) in [5.74, 6) is 3.23. The number of hydrogen-bond donors (Lipinski definition) is 1. The molecule has 0 aromatic heterocycles. The summed E-state index contributed by atoms with van der Waals surface area (Å²) >= 11 is 0. The van der Waals surface area contributed by atoms with Crippen molar-refractivity contribution in [2.45, 2.75) is 121 Å². The first-order chi connectivity index (χ1) is 16.3. The van der Waals surface area contributed by atoms with Gasteiger partial charge in [0.1, 0.15) is 0 Å². The number of rotatable bonds is 0. The maximum Gasteiger partial charge on any atom is 0.0670 e. The molecule has 0 spiro atoms. The van der Waals surface area contributed by atoms with Gasteiger partial charge in [-0.25, -0.2) is 0 Å². The highest BCUT2D eigenvalue weighted by atomic mass is 16.3. The zero-order valence-electron chi connectivity index (χ0n) is 21.4. The van der Waals surface area contributed by atoms with Crippen molar-refractivity contribution < 1.29 is 5.11 Å². The van der Waals surface area contributed by atoms with Crippen LogP contribution in [-0.2, 0) is 0 Å². The Morgan fingerprint density at radius 2 is 1.42 bits per heavy atom. The lowest BCUT2D eigenvalue weighted by molar-refractivity contribution is -0.0769. The van der Waals surface area contributed by atoms with Crippen molar-refractivity contribution in [2.24, 2.45) is 23.7 Å². The second kappa shape index (κ2) is 12.0. The van der Waals surface area contributed by atoms with E-state index in [-0.39, 0.29) is 6.10 Å². The molecule has 3 fully saturated rings. The van der Waals surface area contributed by atoms with Gasteiger partial charge in [-0.15, -0.1) is 0 Å². The molecule has 7 atom stereocenters. The SMILES string of the molecule is O[C@@H]1C[C@@H]2CCCCCCC3=CC4CN(CCCCCCCCCC[C@H]5[C@@H]2N(CC[C@H]45)C1)C3. The number of fused-ring (bicyclic) bond motifs is 1. The zero-order valence-corrected chi connectivity index (χ0v) is 21.4. The lowest BCUT2D eigenvalue weighted by Crippen LogP contribution is -2.60. The number of aliphatic hydroxyl groups is 1. The Balaban J connectivity index is 1.44. The second-order valence-corrected chi connectivity index (χ2v) is 12.5. The summed E-state index contributed by atoms with van der Waals surface area (Å²) in [5, 5.41) is 10.7. The van der Waals surface area contributed by atoms with Crippen molar-refractivity contribution >= 4 is 0 Å². The van der Waals surface area contributed by atoms with Gasteiger partial charge in [-0.1, -0.05) is 75.9 Å². The molecule has 1 N–H and O–H groups in total. The van der Waals surface area contributed by atoms with E-state index in [9.17, 15) is 5.11 Å². The largest absolute Gasteiger partial charge is 0.392 e. The second-order valence-electron chi connectivity index (χ2n) is 12.5. The zero-order chi connectivity index (χ0) is 22.5. The number of piperidine rings is 2. The van der Waals surface area contributed by atoms with Crippen LogP contribution in [0.4, 0.5) is 0 Å². The standard InChI is InChI=1S/C30H52N2O/c33-27-20-25-14-10-7-6-9-13-24-19-26-22-31(21-24)17-12-8-4-2-1-3-5-11-15-29-28(26)16-18-32(23-27)30(25)29/h19,25-30,33H,1-18,20-23H2/t25-,26?,27+,28+,29+,30+/m0/s1. The Bertz CT molecular complexity index is 633. The quantitative estimate of drug-likeness (QED) is 0.427. The minimum atomic E-state index is -0.0857. The van der Waals surface area contributed by atoms with E-state index in [2.05, 4.69) is 15.9 Å². The van der Waals surface area contributed by atoms with Crippen LogP contribution in [0.3, 0.4) is 0 Å². The Labute approximate surface area is 204 Å². The summed E-state index contributed by atoms with van der Waals surface area (Å²) in [6, 6.07) is 0.746. The van der Waals surface area contributed by atoms with Gasteiger partial charge in [0.2, 0.25) is 0 Å². The fraction of sp³-hybridized carbons (Fsp3) is 0.933. The van der Waals surface area contributed by atoms with Gasteiger partial charge in [0, 0.05) is 25.7 Å². The van der Waals surface area contributed by atoms with Crippen LogP contribution in [0.15, 0.2) is 11.6 Å². The minimum absolute atomic E-state index is 0.0857. The summed E-state index contributed by atoms with van der Waals surface area (Å²) in [7, 11) is 0. The molecule has 5 aliphatic rings.